The van der Waals surface area contributed by atoms with Crippen molar-refractivity contribution >= 4 is 23.6 Å². The highest BCUT2D eigenvalue weighted by atomic mass is 19.1. The summed E-state index contributed by atoms with van der Waals surface area (Å²) in [7, 11) is 0. The van der Waals surface area contributed by atoms with Gasteiger partial charge in [0, 0.05) is 23.8 Å². The molecule has 2 aromatic carbocycles. The minimum atomic E-state index is -0.223. The van der Waals surface area contributed by atoms with Gasteiger partial charge in [0.15, 0.2) is 0 Å². The summed E-state index contributed by atoms with van der Waals surface area (Å²) in [5.41, 5.74) is 4.00. The molecule has 1 aromatic heterocycles. The second-order valence-electron chi connectivity index (χ2n) is 5.89. The summed E-state index contributed by atoms with van der Waals surface area (Å²) in [6, 6.07) is 14.5. The Morgan fingerprint density at radius 2 is 1.84 bits per heavy atom. The molecule has 0 aliphatic carbocycles. The molecule has 25 heavy (non-hydrogen) atoms. The van der Waals surface area contributed by atoms with Gasteiger partial charge in [-0.15, -0.1) is 0 Å². The number of aromatic amines is 1. The molecule has 1 aliphatic rings. The minimum Gasteiger partial charge on any atom is -0.492 e. The molecule has 0 amide bonds. The van der Waals surface area contributed by atoms with Crippen molar-refractivity contribution in [3.63, 3.8) is 0 Å². The molecule has 4 nitrogen and oxygen atoms in total. The number of hydrogen-bond donors (Lipinski definition) is 2. The van der Waals surface area contributed by atoms with Crippen LogP contribution >= 0.6 is 0 Å². The first-order valence-corrected chi connectivity index (χ1v) is 8.07. The fourth-order valence-corrected chi connectivity index (χ4v) is 2.91. The lowest BCUT2D eigenvalue weighted by molar-refractivity contribution is 0.454. The number of fused-ring (bicyclic) bond motifs is 1. The molecule has 0 fully saturated rings. The van der Waals surface area contributed by atoms with Gasteiger partial charge in [0.05, 0.1) is 5.69 Å². The number of nitrogens with zero attached hydrogens (tertiary/aromatic N) is 2. The van der Waals surface area contributed by atoms with Crippen molar-refractivity contribution in [2.45, 2.75) is 12.8 Å². The second-order valence-corrected chi connectivity index (χ2v) is 5.89. The molecule has 0 unspecified atom stereocenters. The van der Waals surface area contributed by atoms with Crippen LogP contribution < -0.4 is 0 Å². The van der Waals surface area contributed by atoms with Crippen LogP contribution in [0.4, 0.5) is 10.1 Å². The average Bonchev–Trinajstić information content (AvgIpc) is 3.19. The Balaban J connectivity index is 1.55. The third-order valence-corrected chi connectivity index (χ3v) is 4.21. The maximum atomic E-state index is 13.7. The predicted octanol–water partition coefficient (Wildman–Crippen LogP) is 4.30. The largest absolute Gasteiger partial charge is 0.492 e. The number of benzene rings is 2. The Morgan fingerprint density at radius 3 is 2.72 bits per heavy atom. The number of imidazole rings is 1. The topological polar surface area (TPSA) is 61.3 Å². The highest BCUT2D eigenvalue weighted by Gasteiger charge is 2.14. The fraction of sp³-hybridized carbons (Fsp3) is 0.100. The molecule has 5 heteroatoms. The maximum absolute atomic E-state index is 13.7. The number of aromatic nitrogens is 2. The van der Waals surface area contributed by atoms with E-state index < -0.39 is 0 Å². The zero-order valence-corrected chi connectivity index (χ0v) is 13.4. The SMILES string of the molecule is Oc1nc(CCc2ccccc2F)[nH]c1/C=C1\C=Nc2ccccc21. The van der Waals surface area contributed by atoms with E-state index in [0.717, 1.165) is 16.8 Å². The summed E-state index contributed by atoms with van der Waals surface area (Å²) in [6.07, 6.45) is 4.62. The smallest absolute Gasteiger partial charge is 0.237 e. The van der Waals surface area contributed by atoms with E-state index in [-0.39, 0.29) is 11.7 Å². The number of aryl methyl sites for hydroxylation is 2. The van der Waals surface area contributed by atoms with Crippen LogP contribution in [0.25, 0.3) is 11.6 Å². The lowest BCUT2D eigenvalue weighted by Gasteiger charge is -2.00. The number of allylic oxidation sites excluding steroid dienone is 1. The first-order valence-electron chi connectivity index (χ1n) is 8.07. The van der Waals surface area contributed by atoms with E-state index >= 15 is 0 Å². The summed E-state index contributed by atoms with van der Waals surface area (Å²) in [6.45, 7) is 0. The first kappa shape index (κ1) is 15.3. The molecule has 2 N–H and O–H groups in total. The van der Waals surface area contributed by atoms with Gasteiger partial charge in [-0.05, 0) is 30.2 Å². The van der Waals surface area contributed by atoms with Gasteiger partial charge in [-0.3, -0.25) is 4.99 Å². The number of aromatic hydroxyl groups is 1. The van der Waals surface area contributed by atoms with Crippen molar-refractivity contribution in [2.75, 3.05) is 0 Å². The van der Waals surface area contributed by atoms with Crippen molar-refractivity contribution in [1.29, 1.82) is 0 Å². The van der Waals surface area contributed by atoms with Crippen LogP contribution in [0.2, 0.25) is 0 Å². The molecule has 0 bridgehead atoms. The van der Waals surface area contributed by atoms with Crippen molar-refractivity contribution in [3.8, 4) is 5.88 Å². The van der Waals surface area contributed by atoms with Crippen LogP contribution in [-0.2, 0) is 12.8 Å². The molecule has 1 aliphatic heterocycles. The van der Waals surface area contributed by atoms with E-state index in [2.05, 4.69) is 15.0 Å². The van der Waals surface area contributed by atoms with E-state index in [1.165, 1.54) is 6.07 Å². The Morgan fingerprint density at radius 1 is 1.04 bits per heavy atom. The minimum absolute atomic E-state index is 0.0613. The second kappa shape index (κ2) is 6.36. The van der Waals surface area contributed by atoms with Crippen LogP contribution in [0.1, 0.15) is 22.6 Å². The van der Waals surface area contributed by atoms with Gasteiger partial charge in [0.25, 0.3) is 0 Å². The molecule has 3 aromatic rings. The van der Waals surface area contributed by atoms with Crippen molar-refractivity contribution < 1.29 is 9.50 Å². The molecular formula is C20H16FN3O. The van der Waals surface area contributed by atoms with Gasteiger partial charge >= 0.3 is 0 Å². The number of rotatable bonds is 4. The first-order chi connectivity index (χ1) is 12.2. The monoisotopic (exact) mass is 333 g/mol. The standard InChI is InChI=1S/C20H16FN3O/c21-16-7-3-1-5-13(16)9-10-19-23-18(20(25)24-19)11-14-12-22-17-8-4-2-6-15(14)17/h1-8,11-12,25H,9-10H2,(H,23,24)/b14-11+. The Bertz CT molecular complexity index is 988. The maximum Gasteiger partial charge on any atom is 0.237 e. The van der Waals surface area contributed by atoms with Crippen LogP contribution in [0.15, 0.2) is 53.5 Å². The van der Waals surface area contributed by atoms with E-state index in [9.17, 15) is 9.50 Å². The highest BCUT2D eigenvalue weighted by Crippen LogP contribution is 2.33. The van der Waals surface area contributed by atoms with Gasteiger partial charge < -0.3 is 10.1 Å². The quantitative estimate of drug-likeness (QED) is 0.748. The zero-order valence-electron chi connectivity index (χ0n) is 13.4. The van der Waals surface area contributed by atoms with Gasteiger partial charge in [-0.2, -0.15) is 4.98 Å². The van der Waals surface area contributed by atoms with Crippen LogP contribution in [0.3, 0.4) is 0 Å². The average molecular weight is 333 g/mol. The summed E-state index contributed by atoms with van der Waals surface area (Å²) >= 11 is 0. The van der Waals surface area contributed by atoms with Gasteiger partial charge in [0.2, 0.25) is 5.88 Å². The number of H-pyrrole nitrogens is 1. The van der Waals surface area contributed by atoms with E-state index in [0.29, 0.717) is 29.9 Å². The lowest BCUT2D eigenvalue weighted by atomic mass is 10.1. The fourth-order valence-electron chi connectivity index (χ4n) is 2.91. The number of nitrogens with one attached hydrogen (secondary N) is 1. The third kappa shape index (κ3) is 3.08. The van der Waals surface area contributed by atoms with Crippen LogP contribution in [0.5, 0.6) is 5.88 Å². The van der Waals surface area contributed by atoms with E-state index in [1.54, 1.807) is 18.3 Å². The number of hydrogen-bond acceptors (Lipinski definition) is 3. The van der Waals surface area contributed by atoms with Crippen molar-refractivity contribution in [1.82, 2.24) is 9.97 Å². The number of halogens is 1. The van der Waals surface area contributed by atoms with Crippen molar-refractivity contribution in [2.24, 2.45) is 4.99 Å². The molecule has 0 saturated heterocycles. The van der Waals surface area contributed by atoms with E-state index in [1.807, 2.05) is 36.4 Å². The number of para-hydroxylation sites is 1. The number of aliphatic imine (C=N–C) groups is 1. The van der Waals surface area contributed by atoms with Gasteiger partial charge in [-0.25, -0.2) is 4.39 Å². The molecular weight excluding hydrogens is 317 g/mol. The summed E-state index contributed by atoms with van der Waals surface area (Å²) in [5, 5.41) is 10.1. The Hall–Kier alpha value is -3.21. The zero-order chi connectivity index (χ0) is 17.2. The normalized spacial score (nSPS) is 14.2. The summed E-state index contributed by atoms with van der Waals surface area (Å²) in [5.74, 6) is 0.337. The molecule has 2 heterocycles. The van der Waals surface area contributed by atoms with E-state index in [4.69, 9.17) is 0 Å². The van der Waals surface area contributed by atoms with Crippen molar-refractivity contribution in [3.05, 3.63) is 77.0 Å². The molecule has 124 valence electrons. The molecule has 0 radical (unpaired) electrons. The van der Waals surface area contributed by atoms with Gasteiger partial charge in [0.1, 0.15) is 17.3 Å². The Kier molecular flexibility index (Phi) is 3.90. The van der Waals surface area contributed by atoms with Crippen LogP contribution in [-0.4, -0.2) is 21.3 Å². The van der Waals surface area contributed by atoms with Gasteiger partial charge in [-0.1, -0.05) is 36.4 Å². The summed E-state index contributed by atoms with van der Waals surface area (Å²) < 4.78 is 13.7. The predicted molar refractivity (Wildman–Crippen MR) is 96.5 cm³/mol. The summed E-state index contributed by atoms with van der Waals surface area (Å²) in [4.78, 5) is 11.6. The molecule has 0 saturated carbocycles. The molecule has 0 atom stereocenters. The van der Waals surface area contributed by atoms with Crippen LogP contribution in [0, 0.1) is 5.82 Å². The molecule has 0 spiro atoms. The third-order valence-electron chi connectivity index (χ3n) is 4.21. The Labute approximate surface area is 144 Å². The lowest BCUT2D eigenvalue weighted by Crippen LogP contribution is -1.96. The highest BCUT2D eigenvalue weighted by molar-refractivity contribution is 6.21. The molecule has 4 rings (SSSR count).